The van der Waals surface area contributed by atoms with Crippen LogP contribution in [0.3, 0.4) is 0 Å². The monoisotopic (exact) mass is 215 g/mol. The lowest BCUT2D eigenvalue weighted by Crippen LogP contribution is -2.12. The van der Waals surface area contributed by atoms with Crippen LogP contribution in [0.5, 0.6) is 0 Å². The molecule has 0 radical (unpaired) electrons. The number of hydrogen-bond donors (Lipinski definition) is 2. The van der Waals surface area contributed by atoms with E-state index in [-0.39, 0.29) is 0 Å². The average Bonchev–Trinajstić information content (AvgIpc) is 2.71. The molecule has 13 heavy (non-hydrogen) atoms. The molecule has 1 unspecified atom stereocenters. The van der Waals surface area contributed by atoms with E-state index in [2.05, 4.69) is 9.69 Å². The summed E-state index contributed by atoms with van der Waals surface area (Å²) in [5.41, 5.74) is 5.52. The van der Waals surface area contributed by atoms with Gasteiger partial charge in [0.1, 0.15) is 10.8 Å². The van der Waals surface area contributed by atoms with E-state index in [9.17, 15) is 0 Å². The second-order valence-electron chi connectivity index (χ2n) is 3.23. The molecule has 3 N–H and O–H groups in total. The van der Waals surface area contributed by atoms with Gasteiger partial charge >= 0.3 is 0 Å². The van der Waals surface area contributed by atoms with Crippen molar-refractivity contribution >= 4 is 34.1 Å². The summed E-state index contributed by atoms with van der Waals surface area (Å²) < 4.78 is 4.01. The van der Waals surface area contributed by atoms with Crippen molar-refractivity contribution in [3.63, 3.8) is 0 Å². The maximum absolute atomic E-state index is 5.52. The molecule has 0 aromatic carbocycles. The van der Waals surface area contributed by atoms with Crippen molar-refractivity contribution in [1.82, 2.24) is 4.37 Å². The van der Waals surface area contributed by atoms with Crippen molar-refractivity contribution in [3.05, 3.63) is 6.07 Å². The van der Waals surface area contributed by atoms with Gasteiger partial charge in [-0.3, -0.25) is 0 Å². The summed E-state index contributed by atoms with van der Waals surface area (Å²) in [6.07, 6.45) is 1.34. The Balaban J connectivity index is 1.78. The molecular formula is C8H13N3S2. The number of nitrogens with zero attached hydrogens (tertiary/aromatic N) is 1. The summed E-state index contributed by atoms with van der Waals surface area (Å²) in [5, 5.41) is 4.46. The molecule has 1 aromatic rings. The molecule has 1 fully saturated rings. The van der Waals surface area contributed by atoms with E-state index in [1.807, 2.05) is 17.8 Å². The number of thioether (sulfide) groups is 1. The van der Waals surface area contributed by atoms with E-state index in [0.29, 0.717) is 5.82 Å². The summed E-state index contributed by atoms with van der Waals surface area (Å²) in [4.78, 5) is 0. The van der Waals surface area contributed by atoms with Crippen LogP contribution in [0, 0.1) is 5.92 Å². The van der Waals surface area contributed by atoms with Gasteiger partial charge in [-0.25, -0.2) is 0 Å². The van der Waals surface area contributed by atoms with Gasteiger partial charge in [0.15, 0.2) is 0 Å². The molecule has 0 aliphatic carbocycles. The molecule has 0 spiro atoms. The second kappa shape index (κ2) is 4.19. The average molecular weight is 215 g/mol. The highest BCUT2D eigenvalue weighted by atomic mass is 32.2. The molecule has 1 aliphatic heterocycles. The lowest BCUT2D eigenvalue weighted by molar-refractivity contribution is 0.632. The molecule has 72 valence electrons. The largest absolute Gasteiger partial charge is 0.383 e. The van der Waals surface area contributed by atoms with Crippen molar-refractivity contribution in [2.24, 2.45) is 5.92 Å². The van der Waals surface area contributed by atoms with Crippen LogP contribution in [-0.2, 0) is 0 Å². The van der Waals surface area contributed by atoms with Crippen LogP contribution in [-0.4, -0.2) is 22.4 Å². The minimum Gasteiger partial charge on any atom is -0.383 e. The summed E-state index contributed by atoms with van der Waals surface area (Å²) in [7, 11) is 0. The SMILES string of the molecule is Nc1cc(NCC2CCSC2)sn1. The van der Waals surface area contributed by atoms with E-state index in [1.54, 1.807) is 0 Å². The van der Waals surface area contributed by atoms with Crippen molar-refractivity contribution in [2.45, 2.75) is 6.42 Å². The first-order valence-corrected chi connectivity index (χ1v) is 6.31. The van der Waals surface area contributed by atoms with Crippen molar-refractivity contribution in [3.8, 4) is 0 Å². The lowest BCUT2D eigenvalue weighted by atomic mass is 10.1. The van der Waals surface area contributed by atoms with Crippen molar-refractivity contribution in [1.29, 1.82) is 0 Å². The second-order valence-corrected chi connectivity index (χ2v) is 5.18. The van der Waals surface area contributed by atoms with Gasteiger partial charge in [-0.1, -0.05) is 0 Å². The molecular weight excluding hydrogens is 202 g/mol. The zero-order valence-electron chi connectivity index (χ0n) is 7.32. The number of anilines is 2. The Morgan fingerprint density at radius 2 is 2.62 bits per heavy atom. The van der Waals surface area contributed by atoms with Gasteiger partial charge in [0.2, 0.25) is 0 Å². The first-order valence-electron chi connectivity index (χ1n) is 4.38. The number of nitrogens with one attached hydrogen (secondary N) is 1. The quantitative estimate of drug-likeness (QED) is 0.808. The van der Waals surface area contributed by atoms with Crippen LogP contribution in [0.4, 0.5) is 10.8 Å². The van der Waals surface area contributed by atoms with E-state index in [4.69, 9.17) is 5.73 Å². The molecule has 0 amide bonds. The highest BCUT2D eigenvalue weighted by molar-refractivity contribution is 7.99. The molecule has 5 heteroatoms. The lowest BCUT2D eigenvalue weighted by Gasteiger charge is -2.08. The Morgan fingerprint density at radius 3 is 3.23 bits per heavy atom. The third-order valence-corrected chi connectivity index (χ3v) is 4.11. The highest BCUT2D eigenvalue weighted by Gasteiger charge is 2.15. The van der Waals surface area contributed by atoms with E-state index >= 15 is 0 Å². The van der Waals surface area contributed by atoms with Gasteiger partial charge < -0.3 is 11.1 Å². The Morgan fingerprint density at radius 1 is 1.69 bits per heavy atom. The van der Waals surface area contributed by atoms with Crippen molar-refractivity contribution < 1.29 is 0 Å². The topological polar surface area (TPSA) is 50.9 Å². The minimum atomic E-state index is 0.619. The fourth-order valence-electron chi connectivity index (χ4n) is 1.36. The minimum absolute atomic E-state index is 0.619. The number of aromatic nitrogens is 1. The maximum atomic E-state index is 5.52. The number of nitrogens with two attached hydrogens (primary N) is 1. The molecule has 2 rings (SSSR count). The first kappa shape index (κ1) is 9.15. The van der Waals surface area contributed by atoms with Gasteiger partial charge in [0.05, 0.1) is 0 Å². The summed E-state index contributed by atoms with van der Waals surface area (Å²) in [5.74, 6) is 4.06. The van der Waals surface area contributed by atoms with Gasteiger partial charge in [-0.2, -0.15) is 16.1 Å². The summed E-state index contributed by atoms with van der Waals surface area (Å²) >= 11 is 3.49. The zero-order chi connectivity index (χ0) is 9.10. The third kappa shape index (κ3) is 2.51. The van der Waals surface area contributed by atoms with Crippen LogP contribution >= 0.6 is 23.3 Å². The number of rotatable bonds is 3. The molecule has 0 saturated carbocycles. The van der Waals surface area contributed by atoms with Gasteiger partial charge in [-0.05, 0) is 35.4 Å². The number of hydrogen-bond acceptors (Lipinski definition) is 5. The first-order chi connectivity index (χ1) is 6.34. The molecule has 1 atom stereocenters. The van der Waals surface area contributed by atoms with E-state index in [1.165, 1.54) is 29.5 Å². The summed E-state index contributed by atoms with van der Waals surface area (Å²) in [6.45, 7) is 1.06. The third-order valence-electron chi connectivity index (χ3n) is 2.12. The Hall–Kier alpha value is -0.420. The maximum Gasteiger partial charge on any atom is 0.139 e. The van der Waals surface area contributed by atoms with E-state index < -0.39 is 0 Å². The van der Waals surface area contributed by atoms with Gasteiger partial charge in [0, 0.05) is 12.6 Å². The fourth-order valence-corrected chi connectivity index (χ4v) is 3.22. The Kier molecular flexibility index (Phi) is 2.95. The van der Waals surface area contributed by atoms with Crippen molar-refractivity contribution in [2.75, 3.05) is 29.1 Å². The molecule has 0 bridgehead atoms. The molecule has 1 aliphatic rings. The van der Waals surface area contributed by atoms with Gasteiger partial charge in [-0.15, -0.1) is 0 Å². The fraction of sp³-hybridized carbons (Fsp3) is 0.625. The molecule has 1 saturated heterocycles. The zero-order valence-corrected chi connectivity index (χ0v) is 8.96. The Labute approximate surface area is 86.3 Å². The standard InChI is InChI=1S/C8H13N3S2/c9-7-3-8(13-11-7)10-4-6-1-2-12-5-6/h3,6,10H,1-2,4-5H2,(H2,9,11). The van der Waals surface area contributed by atoms with Crippen LogP contribution in [0.15, 0.2) is 6.07 Å². The Bertz CT molecular complexity index is 268. The predicted octanol–water partition coefficient (Wildman–Crippen LogP) is 1.89. The van der Waals surface area contributed by atoms with Crippen LogP contribution in [0.1, 0.15) is 6.42 Å². The van der Waals surface area contributed by atoms with Crippen LogP contribution < -0.4 is 11.1 Å². The normalized spacial score (nSPS) is 22.0. The highest BCUT2D eigenvalue weighted by Crippen LogP contribution is 2.25. The van der Waals surface area contributed by atoms with E-state index in [0.717, 1.165) is 17.5 Å². The van der Waals surface area contributed by atoms with Gasteiger partial charge in [0.25, 0.3) is 0 Å². The van der Waals surface area contributed by atoms with Crippen LogP contribution in [0.25, 0.3) is 0 Å². The molecule has 3 nitrogen and oxygen atoms in total. The smallest absolute Gasteiger partial charge is 0.139 e. The molecule has 2 heterocycles. The molecule has 1 aromatic heterocycles. The predicted molar refractivity (Wildman–Crippen MR) is 60.4 cm³/mol. The summed E-state index contributed by atoms with van der Waals surface area (Å²) in [6, 6.07) is 1.90. The van der Waals surface area contributed by atoms with Crippen LogP contribution in [0.2, 0.25) is 0 Å². The number of nitrogen functional groups attached to an aromatic ring is 1.